The number of hydrogen-bond donors (Lipinski definition) is 2. The molecule has 0 fully saturated rings. The van der Waals surface area contributed by atoms with Crippen molar-refractivity contribution >= 4 is 28.6 Å². The number of carboxylic acid groups (broad SMARTS) is 1. The molecule has 0 radical (unpaired) electrons. The van der Waals surface area contributed by atoms with Gasteiger partial charge in [-0.3, -0.25) is 0 Å². The van der Waals surface area contributed by atoms with Gasteiger partial charge in [0.15, 0.2) is 5.69 Å². The Balaban J connectivity index is 2.46. The third kappa shape index (κ3) is 2.70. The maximum atomic E-state index is 11.0. The van der Waals surface area contributed by atoms with Gasteiger partial charge in [-0.25, -0.2) is 9.48 Å². The van der Waals surface area contributed by atoms with Gasteiger partial charge in [-0.2, -0.15) is 5.10 Å². The zero-order valence-corrected chi connectivity index (χ0v) is 11.5. The highest BCUT2D eigenvalue weighted by atomic mass is 127. The van der Waals surface area contributed by atoms with Crippen molar-refractivity contribution in [2.45, 2.75) is 6.42 Å². The average molecular weight is 358 g/mol. The van der Waals surface area contributed by atoms with Crippen LogP contribution in [-0.4, -0.2) is 32.6 Å². The lowest BCUT2D eigenvalue weighted by atomic mass is 10.2. The van der Waals surface area contributed by atoms with Crippen molar-refractivity contribution in [1.82, 2.24) is 9.78 Å². The van der Waals surface area contributed by atoms with Crippen LogP contribution in [0.2, 0.25) is 0 Å². The van der Waals surface area contributed by atoms with Crippen LogP contribution in [0.5, 0.6) is 0 Å². The molecular formula is C12H11IN2O3. The topological polar surface area (TPSA) is 75.3 Å². The minimum Gasteiger partial charge on any atom is -0.476 e. The predicted octanol–water partition coefficient (Wildman–Crippen LogP) is 1.71. The number of aromatic carboxylic acids is 1. The van der Waals surface area contributed by atoms with Crippen molar-refractivity contribution in [3.63, 3.8) is 0 Å². The first-order valence-corrected chi connectivity index (χ1v) is 6.38. The van der Waals surface area contributed by atoms with Gasteiger partial charge in [0.2, 0.25) is 0 Å². The molecule has 1 heterocycles. The Morgan fingerprint density at radius 3 is 2.83 bits per heavy atom. The maximum Gasteiger partial charge on any atom is 0.356 e. The van der Waals surface area contributed by atoms with Crippen molar-refractivity contribution in [3.05, 3.63) is 45.3 Å². The van der Waals surface area contributed by atoms with Gasteiger partial charge in [0.05, 0.1) is 5.69 Å². The summed E-state index contributed by atoms with van der Waals surface area (Å²) in [4.78, 5) is 11.0. The van der Waals surface area contributed by atoms with Gasteiger partial charge in [0.1, 0.15) is 0 Å². The van der Waals surface area contributed by atoms with Crippen molar-refractivity contribution in [3.8, 4) is 5.69 Å². The molecule has 6 heteroatoms. The van der Waals surface area contributed by atoms with E-state index >= 15 is 0 Å². The van der Waals surface area contributed by atoms with Crippen molar-refractivity contribution in [1.29, 1.82) is 0 Å². The Hall–Kier alpha value is -1.41. The summed E-state index contributed by atoms with van der Waals surface area (Å²) >= 11 is 2.18. The van der Waals surface area contributed by atoms with Crippen molar-refractivity contribution < 1.29 is 15.0 Å². The molecule has 0 atom stereocenters. The summed E-state index contributed by atoms with van der Waals surface area (Å²) in [6, 6.07) is 7.58. The van der Waals surface area contributed by atoms with E-state index in [9.17, 15) is 4.79 Å². The largest absolute Gasteiger partial charge is 0.476 e. The van der Waals surface area contributed by atoms with E-state index in [0.29, 0.717) is 5.56 Å². The average Bonchev–Trinajstić information content (AvgIpc) is 2.74. The number of aliphatic hydroxyl groups is 1. The number of aliphatic hydroxyl groups excluding tert-OH is 1. The molecule has 18 heavy (non-hydrogen) atoms. The highest BCUT2D eigenvalue weighted by molar-refractivity contribution is 14.1. The summed E-state index contributed by atoms with van der Waals surface area (Å²) < 4.78 is 2.57. The fourth-order valence-corrected chi connectivity index (χ4v) is 2.17. The molecule has 0 spiro atoms. The molecular weight excluding hydrogens is 347 g/mol. The second-order valence-electron chi connectivity index (χ2n) is 3.71. The highest BCUT2D eigenvalue weighted by Gasteiger charge is 2.15. The number of halogens is 1. The molecule has 0 unspecified atom stereocenters. The predicted molar refractivity (Wildman–Crippen MR) is 74.0 cm³/mol. The molecule has 0 aliphatic carbocycles. The maximum absolute atomic E-state index is 11.0. The first-order chi connectivity index (χ1) is 8.61. The molecule has 0 bridgehead atoms. The quantitative estimate of drug-likeness (QED) is 0.816. The first kappa shape index (κ1) is 13.0. The molecule has 0 amide bonds. The van der Waals surface area contributed by atoms with E-state index in [1.54, 1.807) is 6.20 Å². The number of hydrogen-bond acceptors (Lipinski definition) is 3. The van der Waals surface area contributed by atoms with E-state index in [-0.39, 0.29) is 18.7 Å². The summed E-state index contributed by atoms with van der Waals surface area (Å²) in [6.07, 6.45) is 1.93. The molecule has 2 N–H and O–H groups in total. The lowest BCUT2D eigenvalue weighted by molar-refractivity contribution is 0.0688. The molecule has 2 rings (SSSR count). The van der Waals surface area contributed by atoms with Crippen LogP contribution in [0.4, 0.5) is 0 Å². The number of rotatable bonds is 4. The van der Waals surface area contributed by atoms with Crippen LogP contribution in [0.1, 0.15) is 16.1 Å². The molecule has 1 aromatic carbocycles. The monoisotopic (exact) mass is 358 g/mol. The van der Waals surface area contributed by atoms with Crippen LogP contribution in [0.15, 0.2) is 30.5 Å². The van der Waals surface area contributed by atoms with E-state index < -0.39 is 5.97 Å². The fraction of sp³-hybridized carbons (Fsp3) is 0.167. The lowest BCUT2D eigenvalue weighted by Crippen LogP contribution is -2.03. The van der Waals surface area contributed by atoms with Crippen LogP contribution in [-0.2, 0) is 6.42 Å². The molecule has 0 saturated heterocycles. The molecule has 5 nitrogen and oxygen atoms in total. The Labute approximate surface area is 117 Å². The number of nitrogens with zero attached hydrogens (tertiary/aromatic N) is 2. The fourth-order valence-electron chi connectivity index (χ4n) is 1.64. The molecule has 0 aliphatic rings. The third-order valence-electron chi connectivity index (χ3n) is 2.45. The van der Waals surface area contributed by atoms with Crippen LogP contribution in [0.3, 0.4) is 0 Å². The SMILES string of the molecule is O=C(O)c1nn(-c2cccc(I)c2)cc1CCO. The van der Waals surface area contributed by atoms with E-state index in [1.807, 2.05) is 24.3 Å². The van der Waals surface area contributed by atoms with Crippen LogP contribution >= 0.6 is 22.6 Å². The number of aromatic nitrogens is 2. The van der Waals surface area contributed by atoms with Gasteiger partial charge in [0.25, 0.3) is 0 Å². The Kier molecular flexibility index (Phi) is 3.97. The summed E-state index contributed by atoms with van der Waals surface area (Å²) in [5.74, 6) is -1.08. The minimum atomic E-state index is -1.08. The first-order valence-electron chi connectivity index (χ1n) is 5.30. The standard InChI is InChI=1S/C12H11IN2O3/c13-9-2-1-3-10(6-9)15-7-8(4-5-16)11(14-15)12(17)18/h1-3,6-7,16H,4-5H2,(H,17,18). The van der Waals surface area contributed by atoms with Crippen LogP contribution in [0, 0.1) is 3.57 Å². The van der Waals surface area contributed by atoms with E-state index in [2.05, 4.69) is 27.7 Å². The number of benzene rings is 1. The van der Waals surface area contributed by atoms with Gasteiger partial charge < -0.3 is 10.2 Å². The molecule has 0 saturated carbocycles. The van der Waals surface area contributed by atoms with Gasteiger partial charge >= 0.3 is 5.97 Å². The number of carbonyl (C=O) groups is 1. The van der Waals surface area contributed by atoms with Gasteiger partial charge in [0, 0.05) is 21.9 Å². The van der Waals surface area contributed by atoms with E-state index in [1.165, 1.54) is 4.68 Å². The molecule has 94 valence electrons. The van der Waals surface area contributed by atoms with Gasteiger partial charge in [-0.15, -0.1) is 0 Å². The summed E-state index contributed by atoms with van der Waals surface area (Å²) in [6.45, 7) is -0.0989. The lowest BCUT2D eigenvalue weighted by Gasteiger charge is -2.00. The summed E-state index contributed by atoms with van der Waals surface area (Å²) in [5, 5.41) is 22.0. The number of carboxylic acids is 1. The minimum absolute atomic E-state index is 0.0112. The zero-order valence-electron chi connectivity index (χ0n) is 9.38. The van der Waals surface area contributed by atoms with Gasteiger partial charge in [-0.1, -0.05) is 6.07 Å². The van der Waals surface area contributed by atoms with Crippen LogP contribution < -0.4 is 0 Å². The second-order valence-corrected chi connectivity index (χ2v) is 4.95. The van der Waals surface area contributed by atoms with Crippen LogP contribution in [0.25, 0.3) is 5.69 Å². The summed E-state index contributed by atoms with van der Waals surface area (Å²) in [7, 11) is 0. The Morgan fingerprint density at radius 1 is 1.44 bits per heavy atom. The Morgan fingerprint density at radius 2 is 2.22 bits per heavy atom. The van der Waals surface area contributed by atoms with E-state index in [0.717, 1.165) is 9.26 Å². The molecule has 0 aliphatic heterocycles. The van der Waals surface area contributed by atoms with Crippen molar-refractivity contribution in [2.75, 3.05) is 6.61 Å². The highest BCUT2D eigenvalue weighted by Crippen LogP contribution is 2.15. The summed E-state index contributed by atoms with van der Waals surface area (Å²) in [5.41, 5.74) is 1.32. The third-order valence-corrected chi connectivity index (χ3v) is 3.12. The molecule has 2 aromatic rings. The van der Waals surface area contributed by atoms with Crippen molar-refractivity contribution in [2.24, 2.45) is 0 Å². The Bertz CT molecular complexity index is 580. The molecule has 1 aromatic heterocycles. The van der Waals surface area contributed by atoms with E-state index in [4.69, 9.17) is 10.2 Å². The van der Waals surface area contributed by atoms with Gasteiger partial charge in [-0.05, 0) is 47.2 Å². The second kappa shape index (κ2) is 5.49. The normalized spacial score (nSPS) is 10.6. The zero-order chi connectivity index (χ0) is 13.1. The smallest absolute Gasteiger partial charge is 0.356 e.